The monoisotopic (exact) mass is 570 g/mol. The van der Waals surface area contributed by atoms with Gasteiger partial charge in [-0.05, 0) is 34.4 Å². The number of benzene rings is 5. The van der Waals surface area contributed by atoms with Crippen LogP contribution in [0.15, 0.2) is 133 Å². The molecule has 0 aliphatic heterocycles. The van der Waals surface area contributed by atoms with Crippen LogP contribution in [0.4, 0.5) is 11.9 Å². The van der Waals surface area contributed by atoms with Crippen LogP contribution in [0.1, 0.15) is 0 Å². The smallest absolute Gasteiger partial charge is 0.224 e. The van der Waals surface area contributed by atoms with Crippen LogP contribution in [0.2, 0.25) is 0 Å². The molecule has 0 aliphatic rings. The van der Waals surface area contributed by atoms with Crippen molar-refractivity contribution in [1.82, 2.24) is 29.9 Å². The first-order valence-corrected chi connectivity index (χ1v) is 14.1. The van der Waals surface area contributed by atoms with Gasteiger partial charge in [-0.2, -0.15) is 19.9 Å². The van der Waals surface area contributed by atoms with E-state index in [9.17, 15) is 0 Å². The number of hydrogen-bond acceptors (Lipinski definition) is 8. The van der Waals surface area contributed by atoms with Crippen LogP contribution >= 0.6 is 0 Å². The molecule has 4 N–H and O–H groups in total. The van der Waals surface area contributed by atoms with Gasteiger partial charge in [0, 0.05) is 22.3 Å². The molecule has 44 heavy (non-hydrogen) atoms. The third kappa shape index (κ3) is 5.47. The molecule has 0 radical (unpaired) electrons. The van der Waals surface area contributed by atoms with E-state index in [-0.39, 0.29) is 11.9 Å². The Morgan fingerprint density at radius 2 is 0.682 bits per heavy atom. The minimum atomic E-state index is 0.168. The van der Waals surface area contributed by atoms with Crippen molar-refractivity contribution in [3.05, 3.63) is 133 Å². The standard InChI is InChI=1S/C36H26N8/c37-35-41-31(25-12-6-2-7-13-25)39-33(43-35)27-18-16-23(17-19-27)28-20-21-29(30(22-28)24-10-4-1-5-11-24)34-40-32(42-36(38)44-34)26-14-8-3-9-15-26/h1-22H,(H2,37,39,41,43)(H2,38,40,42,44). The fourth-order valence-electron chi connectivity index (χ4n) is 5.05. The maximum Gasteiger partial charge on any atom is 0.224 e. The third-order valence-electron chi connectivity index (χ3n) is 7.19. The summed E-state index contributed by atoms with van der Waals surface area (Å²) in [6.45, 7) is 0. The first kappa shape index (κ1) is 26.6. The number of nitrogens with zero attached hydrogens (tertiary/aromatic N) is 6. The lowest BCUT2D eigenvalue weighted by Gasteiger charge is -2.13. The zero-order valence-corrected chi connectivity index (χ0v) is 23.5. The predicted molar refractivity (Wildman–Crippen MR) is 175 cm³/mol. The number of anilines is 2. The van der Waals surface area contributed by atoms with E-state index in [1.807, 2.05) is 97.1 Å². The Bertz CT molecular complexity index is 2060. The molecule has 0 unspecified atom stereocenters. The van der Waals surface area contributed by atoms with Crippen LogP contribution in [0.3, 0.4) is 0 Å². The third-order valence-corrected chi connectivity index (χ3v) is 7.19. The summed E-state index contributed by atoms with van der Waals surface area (Å²) in [6, 6.07) is 44.0. The predicted octanol–water partition coefficient (Wildman–Crippen LogP) is 7.22. The van der Waals surface area contributed by atoms with E-state index in [2.05, 4.69) is 61.3 Å². The van der Waals surface area contributed by atoms with E-state index < -0.39 is 0 Å². The zero-order valence-electron chi connectivity index (χ0n) is 23.5. The lowest BCUT2D eigenvalue weighted by Crippen LogP contribution is -2.03. The fraction of sp³-hybridized carbons (Fsp3) is 0. The second-order valence-corrected chi connectivity index (χ2v) is 10.1. The molecule has 0 atom stereocenters. The molecule has 0 fully saturated rings. The molecule has 8 nitrogen and oxygen atoms in total. The zero-order chi connectivity index (χ0) is 29.9. The number of hydrogen-bond donors (Lipinski definition) is 2. The van der Waals surface area contributed by atoms with Gasteiger partial charge in [0.05, 0.1) is 0 Å². The number of aromatic nitrogens is 6. The Kier molecular flexibility index (Phi) is 6.98. The van der Waals surface area contributed by atoms with Crippen molar-refractivity contribution in [3.63, 3.8) is 0 Å². The normalized spacial score (nSPS) is 10.9. The van der Waals surface area contributed by atoms with E-state index in [1.54, 1.807) is 0 Å². The molecule has 0 saturated heterocycles. The fourth-order valence-corrected chi connectivity index (χ4v) is 5.05. The summed E-state index contributed by atoms with van der Waals surface area (Å²) in [5.74, 6) is 2.44. The van der Waals surface area contributed by atoms with Gasteiger partial charge in [-0.1, -0.05) is 121 Å². The maximum atomic E-state index is 6.17. The highest BCUT2D eigenvalue weighted by Gasteiger charge is 2.16. The highest BCUT2D eigenvalue weighted by atomic mass is 15.1. The van der Waals surface area contributed by atoms with Gasteiger partial charge < -0.3 is 11.5 Å². The molecule has 2 heterocycles. The highest BCUT2D eigenvalue weighted by Crippen LogP contribution is 2.35. The lowest BCUT2D eigenvalue weighted by molar-refractivity contribution is 1.08. The Hall–Kier alpha value is -6.28. The first-order chi connectivity index (χ1) is 21.6. The van der Waals surface area contributed by atoms with Crippen molar-refractivity contribution in [2.24, 2.45) is 0 Å². The number of nitrogen functional groups attached to an aromatic ring is 2. The quantitative estimate of drug-likeness (QED) is 0.214. The second-order valence-electron chi connectivity index (χ2n) is 10.1. The Morgan fingerprint density at radius 3 is 1.20 bits per heavy atom. The van der Waals surface area contributed by atoms with Crippen LogP contribution in [0.5, 0.6) is 0 Å². The molecule has 0 aliphatic carbocycles. The summed E-state index contributed by atoms with van der Waals surface area (Å²) in [5.41, 5.74) is 19.8. The number of nitrogens with two attached hydrogens (primary N) is 2. The van der Waals surface area contributed by atoms with Crippen molar-refractivity contribution in [1.29, 1.82) is 0 Å². The minimum Gasteiger partial charge on any atom is -0.368 e. The van der Waals surface area contributed by atoms with Crippen LogP contribution in [-0.4, -0.2) is 29.9 Å². The molecule has 0 amide bonds. The van der Waals surface area contributed by atoms with Crippen molar-refractivity contribution in [2.45, 2.75) is 0 Å². The largest absolute Gasteiger partial charge is 0.368 e. The first-order valence-electron chi connectivity index (χ1n) is 14.1. The van der Waals surface area contributed by atoms with Crippen LogP contribution in [-0.2, 0) is 0 Å². The molecule has 0 bridgehead atoms. The average molecular weight is 571 g/mol. The summed E-state index contributed by atoms with van der Waals surface area (Å²) in [5, 5.41) is 0. The molecular formula is C36H26N8. The molecule has 8 heteroatoms. The maximum absolute atomic E-state index is 6.17. The molecule has 0 saturated carbocycles. The molecule has 0 spiro atoms. The van der Waals surface area contributed by atoms with Gasteiger partial charge in [0.2, 0.25) is 11.9 Å². The van der Waals surface area contributed by atoms with Crippen LogP contribution in [0.25, 0.3) is 67.8 Å². The van der Waals surface area contributed by atoms with Crippen LogP contribution < -0.4 is 11.5 Å². The van der Waals surface area contributed by atoms with Gasteiger partial charge in [0.25, 0.3) is 0 Å². The van der Waals surface area contributed by atoms with Crippen molar-refractivity contribution >= 4 is 11.9 Å². The summed E-state index contributed by atoms with van der Waals surface area (Å²) in [6.07, 6.45) is 0. The summed E-state index contributed by atoms with van der Waals surface area (Å²) in [7, 11) is 0. The second kappa shape index (κ2) is 11.5. The summed E-state index contributed by atoms with van der Waals surface area (Å²) >= 11 is 0. The lowest BCUT2D eigenvalue weighted by atomic mass is 9.93. The van der Waals surface area contributed by atoms with E-state index >= 15 is 0 Å². The number of rotatable bonds is 6. The van der Waals surface area contributed by atoms with Gasteiger partial charge in [-0.15, -0.1) is 0 Å². The van der Waals surface area contributed by atoms with E-state index in [0.717, 1.165) is 44.5 Å². The molecular weight excluding hydrogens is 544 g/mol. The molecule has 2 aromatic heterocycles. The van der Waals surface area contributed by atoms with Gasteiger partial charge in [0.15, 0.2) is 23.3 Å². The topological polar surface area (TPSA) is 129 Å². The van der Waals surface area contributed by atoms with Gasteiger partial charge in [-0.25, -0.2) is 9.97 Å². The van der Waals surface area contributed by atoms with Gasteiger partial charge in [-0.3, -0.25) is 0 Å². The molecule has 5 aromatic carbocycles. The van der Waals surface area contributed by atoms with E-state index in [0.29, 0.717) is 23.3 Å². The van der Waals surface area contributed by atoms with Gasteiger partial charge >= 0.3 is 0 Å². The summed E-state index contributed by atoms with van der Waals surface area (Å²) in [4.78, 5) is 27.1. The van der Waals surface area contributed by atoms with Crippen molar-refractivity contribution in [3.8, 4) is 67.8 Å². The summed E-state index contributed by atoms with van der Waals surface area (Å²) < 4.78 is 0. The average Bonchev–Trinajstić information content (AvgIpc) is 3.09. The van der Waals surface area contributed by atoms with Crippen molar-refractivity contribution in [2.75, 3.05) is 11.5 Å². The molecule has 210 valence electrons. The van der Waals surface area contributed by atoms with E-state index in [4.69, 9.17) is 16.5 Å². The Morgan fingerprint density at radius 1 is 0.295 bits per heavy atom. The Labute approximate surface area is 254 Å². The Balaban J connectivity index is 1.28. The highest BCUT2D eigenvalue weighted by molar-refractivity contribution is 5.85. The van der Waals surface area contributed by atoms with E-state index in [1.165, 1.54) is 0 Å². The van der Waals surface area contributed by atoms with Gasteiger partial charge in [0.1, 0.15) is 0 Å². The minimum absolute atomic E-state index is 0.168. The SMILES string of the molecule is Nc1nc(-c2ccccc2)nc(-c2ccc(-c3ccc(-c4nc(N)nc(-c5ccccc5)n4)c(-c4ccccc4)c3)cc2)n1. The molecule has 7 aromatic rings. The molecule has 7 rings (SSSR count). The van der Waals surface area contributed by atoms with Crippen LogP contribution in [0, 0.1) is 0 Å². The van der Waals surface area contributed by atoms with Crippen molar-refractivity contribution < 1.29 is 0 Å².